The third kappa shape index (κ3) is 2.82. The molecule has 2 aromatic carbocycles. The van der Waals surface area contributed by atoms with Gasteiger partial charge in [-0.25, -0.2) is 4.79 Å². The van der Waals surface area contributed by atoms with E-state index in [1.54, 1.807) is 13.0 Å². The highest BCUT2D eigenvalue weighted by atomic mass is 35.5. The molecular weight excluding hydrogens is 323 g/mol. The van der Waals surface area contributed by atoms with E-state index in [4.69, 9.17) is 32.4 Å². The molecule has 5 heteroatoms. The number of fused-ring (bicyclic) bond motifs is 1. The lowest BCUT2D eigenvalue weighted by atomic mass is 10.1. The van der Waals surface area contributed by atoms with Crippen molar-refractivity contribution in [1.82, 2.24) is 0 Å². The summed E-state index contributed by atoms with van der Waals surface area (Å²) in [5.74, 6) is 0.595. The van der Waals surface area contributed by atoms with Crippen LogP contribution in [0.25, 0.3) is 11.0 Å². The summed E-state index contributed by atoms with van der Waals surface area (Å²) in [5, 5.41) is 1.55. The van der Waals surface area contributed by atoms with E-state index in [1.807, 2.05) is 36.4 Å². The third-order valence-electron chi connectivity index (χ3n) is 3.42. The molecule has 3 aromatic rings. The van der Waals surface area contributed by atoms with E-state index in [-0.39, 0.29) is 5.02 Å². The van der Waals surface area contributed by atoms with Crippen LogP contribution < -0.4 is 10.4 Å². The fourth-order valence-electron chi connectivity index (χ4n) is 2.18. The zero-order valence-corrected chi connectivity index (χ0v) is 13.2. The molecule has 0 fully saturated rings. The van der Waals surface area contributed by atoms with Crippen molar-refractivity contribution in [3.63, 3.8) is 0 Å². The first-order valence-corrected chi connectivity index (χ1v) is 7.41. The summed E-state index contributed by atoms with van der Waals surface area (Å²) in [6, 6.07) is 12.8. The van der Waals surface area contributed by atoms with E-state index >= 15 is 0 Å². The molecule has 3 rings (SSSR count). The van der Waals surface area contributed by atoms with Gasteiger partial charge < -0.3 is 9.15 Å². The van der Waals surface area contributed by atoms with Crippen molar-refractivity contribution in [2.45, 2.75) is 13.5 Å². The molecule has 0 aliphatic heterocycles. The van der Waals surface area contributed by atoms with Gasteiger partial charge in [0, 0.05) is 22.0 Å². The predicted molar refractivity (Wildman–Crippen MR) is 88.0 cm³/mol. The summed E-state index contributed by atoms with van der Waals surface area (Å²) < 4.78 is 10.9. The van der Waals surface area contributed by atoms with Gasteiger partial charge in [0.2, 0.25) is 0 Å². The Bertz CT molecular complexity index is 900. The van der Waals surface area contributed by atoms with E-state index in [0.717, 1.165) is 10.9 Å². The predicted octanol–water partition coefficient (Wildman–Crippen LogP) is 4.99. The van der Waals surface area contributed by atoms with Crippen LogP contribution in [0.15, 0.2) is 51.7 Å². The van der Waals surface area contributed by atoms with Crippen molar-refractivity contribution in [3.8, 4) is 5.75 Å². The minimum absolute atomic E-state index is 0.109. The Kier molecular flexibility index (Phi) is 4.10. The van der Waals surface area contributed by atoms with Crippen LogP contribution in [-0.2, 0) is 6.61 Å². The van der Waals surface area contributed by atoms with Gasteiger partial charge in [0.1, 0.15) is 23.0 Å². The van der Waals surface area contributed by atoms with Crippen molar-refractivity contribution in [3.05, 3.63) is 74.1 Å². The number of hydrogen-bond acceptors (Lipinski definition) is 3. The number of ether oxygens (including phenoxy) is 1. The zero-order chi connectivity index (χ0) is 15.7. The van der Waals surface area contributed by atoms with Crippen LogP contribution in [0.4, 0.5) is 0 Å². The Morgan fingerprint density at radius 3 is 2.68 bits per heavy atom. The van der Waals surface area contributed by atoms with E-state index in [2.05, 4.69) is 0 Å². The van der Waals surface area contributed by atoms with Crippen LogP contribution in [0.1, 0.15) is 11.1 Å². The van der Waals surface area contributed by atoms with Gasteiger partial charge in [-0.05, 0) is 30.7 Å². The Morgan fingerprint density at radius 2 is 1.91 bits per heavy atom. The van der Waals surface area contributed by atoms with Gasteiger partial charge >= 0.3 is 5.63 Å². The molecule has 1 heterocycles. The lowest BCUT2D eigenvalue weighted by molar-refractivity contribution is 0.306. The highest BCUT2D eigenvalue weighted by Crippen LogP contribution is 2.26. The van der Waals surface area contributed by atoms with Crippen LogP contribution in [0, 0.1) is 6.92 Å². The van der Waals surface area contributed by atoms with E-state index < -0.39 is 5.63 Å². The smallest absolute Gasteiger partial charge is 0.355 e. The number of halogens is 2. The largest absolute Gasteiger partial charge is 0.489 e. The lowest BCUT2D eigenvalue weighted by Gasteiger charge is -2.09. The molecule has 0 spiro atoms. The maximum absolute atomic E-state index is 11.6. The molecule has 0 radical (unpaired) electrons. The third-order valence-corrected chi connectivity index (χ3v) is 4.23. The summed E-state index contributed by atoms with van der Waals surface area (Å²) in [6.07, 6.45) is 0. The molecular formula is C17H12Cl2O3. The van der Waals surface area contributed by atoms with Crippen molar-refractivity contribution in [2.75, 3.05) is 0 Å². The van der Waals surface area contributed by atoms with Crippen molar-refractivity contribution < 1.29 is 9.15 Å². The molecule has 0 saturated heterocycles. The second-order valence-electron chi connectivity index (χ2n) is 4.87. The van der Waals surface area contributed by atoms with E-state index in [9.17, 15) is 4.79 Å². The highest BCUT2D eigenvalue weighted by Gasteiger charge is 2.10. The average Bonchev–Trinajstić information content (AvgIpc) is 2.52. The Morgan fingerprint density at radius 1 is 1.14 bits per heavy atom. The first-order valence-electron chi connectivity index (χ1n) is 6.65. The quantitative estimate of drug-likeness (QED) is 0.633. The Labute approximate surface area is 137 Å². The van der Waals surface area contributed by atoms with E-state index in [0.29, 0.717) is 28.5 Å². The van der Waals surface area contributed by atoms with Gasteiger partial charge in [-0.2, -0.15) is 0 Å². The van der Waals surface area contributed by atoms with Gasteiger partial charge in [0.25, 0.3) is 0 Å². The first kappa shape index (κ1) is 14.9. The van der Waals surface area contributed by atoms with Crippen molar-refractivity contribution in [1.29, 1.82) is 0 Å². The molecule has 0 saturated carbocycles. The Balaban J connectivity index is 1.91. The fourth-order valence-corrected chi connectivity index (χ4v) is 2.51. The van der Waals surface area contributed by atoms with E-state index in [1.165, 1.54) is 0 Å². The summed E-state index contributed by atoms with van der Waals surface area (Å²) >= 11 is 12.0. The number of hydrogen-bond donors (Lipinski definition) is 0. The molecule has 112 valence electrons. The average molecular weight is 335 g/mol. The highest BCUT2D eigenvalue weighted by molar-refractivity contribution is 6.32. The van der Waals surface area contributed by atoms with Crippen LogP contribution in [0.3, 0.4) is 0 Å². The molecule has 0 unspecified atom stereocenters. The maximum Gasteiger partial charge on any atom is 0.355 e. The second-order valence-corrected chi connectivity index (χ2v) is 5.65. The molecule has 0 bridgehead atoms. The standard InChI is InChI=1S/C17H12Cl2O3/c1-10-13-7-6-12(8-15(13)22-17(20)16(10)19)21-9-11-4-2-3-5-14(11)18/h2-8H,9H2,1H3. The SMILES string of the molecule is Cc1c(Cl)c(=O)oc2cc(OCc3ccccc3Cl)ccc12. The molecule has 0 aliphatic carbocycles. The topological polar surface area (TPSA) is 39.4 Å². The molecule has 0 N–H and O–H groups in total. The van der Waals surface area contributed by atoms with Gasteiger partial charge in [0.15, 0.2) is 0 Å². The maximum atomic E-state index is 11.6. The molecule has 0 amide bonds. The molecule has 1 aromatic heterocycles. The molecule has 3 nitrogen and oxygen atoms in total. The minimum Gasteiger partial charge on any atom is -0.489 e. The van der Waals surface area contributed by atoms with Crippen molar-refractivity contribution >= 4 is 34.2 Å². The summed E-state index contributed by atoms with van der Waals surface area (Å²) in [4.78, 5) is 11.6. The normalized spacial score (nSPS) is 10.9. The van der Waals surface area contributed by atoms with Crippen LogP contribution >= 0.6 is 23.2 Å². The van der Waals surface area contributed by atoms with Crippen LogP contribution in [0.2, 0.25) is 10.0 Å². The monoisotopic (exact) mass is 334 g/mol. The number of aryl methyl sites for hydroxylation is 1. The van der Waals surface area contributed by atoms with Crippen LogP contribution in [0.5, 0.6) is 5.75 Å². The van der Waals surface area contributed by atoms with Crippen LogP contribution in [-0.4, -0.2) is 0 Å². The van der Waals surface area contributed by atoms with Gasteiger partial charge in [-0.1, -0.05) is 41.4 Å². The lowest BCUT2D eigenvalue weighted by Crippen LogP contribution is -2.02. The second kappa shape index (κ2) is 6.03. The van der Waals surface area contributed by atoms with Crippen molar-refractivity contribution in [2.24, 2.45) is 0 Å². The first-order chi connectivity index (χ1) is 10.6. The Hall–Kier alpha value is -1.97. The van der Waals surface area contributed by atoms with Gasteiger partial charge in [-0.3, -0.25) is 0 Å². The number of rotatable bonds is 3. The molecule has 0 atom stereocenters. The fraction of sp³-hybridized carbons (Fsp3) is 0.118. The number of benzene rings is 2. The minimum atomic E-state index is -0.546. The zero-order valence-electron chi connectivity index (χ0n) is 11.7. The van der Waals surface area contributed by atoms with Gasteiger partial charge in [0.05, 0.1) is 0 Å². The summed E-state index contributed by atoms with van der Waals surface area (Å²) in [6.45, 7) is 2.12. The summed E-state index contributed by atoms with van der Waals surface area (Å²) in [7, 11) is 0. The van der Waals surface area contributed by atoms with Gasteiger partial charge in [-0.15, -0.1) is 0 Å². The molecule has 22 heavy (non-hydrogen) atoms. The molecule has 0 aliphatic rings. The summed E-state index contributed by atoms with van der Waals surface area (Å²) in [5.41, 5.74) is 1.49.